The van der Waals surface area contributed by atoms with E-state index in [0.29, 0.717) is 16.7 Å². The fourth-order valence-corrected chi connectivity index (χ4v) is 3.29. The van der Waals surface area contributed by atoms with Gasteiger partial charge in [0.05, 0.1) is 17.7 Å². The zero-order valence-electron chi connectivity index (χ0n) is 17.3. The minimum absolute atomic E-state index is 0.0874. The molecule has 0 spiro atoms. The molecule has 0 unspecified atom stereocenters. The van der Waals surface area contributed by atoms with E-state index in [2.05, 4.69) is 4.99 Å². The third-order valence-electron chi connectivity index (χ3n) is 4.68. The van der Waals surface area contributed by atoms with E-state index >= 15 is 0 Å². The predicted molar refractivity (Wildman–Crippen MR) is 121 cm³/mol. The van der Waals surface area contributed by atoms with E-state index in [0.717, 1.165) is 5.56 Å². The van der Waals surface area contributed by atoms with Crippen molar-refractivity contribution in [2.75, 3.05) is 7.11 Å². The van der Waals surface area contributed by atoms with Crippen molar-refractivity contribution in [2.24, 2.45) is 4.99 Å². The van der Waals surface area contributed by atoms with E-state index in [-0.39, 0.29) is 28.1 Å². The van der Waals surface area contributed by atoms with Crippen LogP contribution in [0, 0.1) is 6.92 Å². The zero-order valence-corrected chi connectivity index (χ0v) is 18.1. The molecule has 7 heteroatoms. The van der Waals surface area contributed by atoms with Crippen molar-refractivity contribution in [3.63, 3.8) is 0 Å². The zero-order chi connectivity index (χ0) is 22.7. The van der Waals surface area contributed by atoms with Crippen molar-refractivity contribution in [2.45, 2.75) is 6.92 Å². The topological polar surface area (TPSA) is 74.2 Å². The molecule has 1 aliphatic heterocycles. The molecule has 3 aromatic rings. The fourth-order valence-electron chi connectivity index (χ4n) is 3.03. The van der Waals surface area contributed by atoms with Crippen LogP contribution in [-0.4, -0.2) is 24.9 Å². The highest BCUT2D eigenvalue weighted by atomic mass is 35.5. The van der Waals surface area contributed by atoms with E-state index in [1.165, 1.54) is 13.2 Å². The highest BCUT2D eigenvalue weighted by Crippen LogP contribution is 2.38. The number of hydrogen-bond donors (Lipinski definition) is 0. The standard InChI is InChI=1S/C25H18ClNO5/c1-15-8-10-18(11-9-15)24(28)31-22-19(26)12-16(14-21(22)30-2)13-20-25(29)32-23(27-20)17-6-4-3-5-7-17/h3-14H,1-2H3/b20-13-. The molecular weight excluding hydrogens is 430 g/mol. The first-order valence-electron chi connectivity index (χ1n) is 9.69. The molecule has 0 atom stereocenters. The summed E-state index contributed by atoms with van der Waals surface area (Å²) < 4.78 is 16.1. The largest absolute Gasteiger partial charge is 0.493 e. The van der Waals surface area contributed by atoms with Crippen molar-refractivity contribution in [3.8, 4) is 11.5 Å². The summed E-state index contributed by atoms with van der Waals surface area (Å²) >= 11 is 6.38. The van der Waals surface area contributed by atoms with Gasteiger partial charge in [0.2, 0.25) is 5.90 Å². The van der Waals surface area contributed by atoms with Crippen molar-refractivity contribution in [3.05, 3.63) is 99.7 Å². The van der Waals surface area contributed by atoms with Crippen LogP contribution in [0.5, 0.6) is 11.5 Å². The smallest absolute Gasteiger partial charge is 0.363 e. The Hall–Kier alpha value is -3.90. The van der Waals surface area contributed by atoms with Gasteiger partial charge in [-0.3, -0.25) is 0 Å². The maximum atomic E-state index is 12.5. The summed E-state index contributed by atoms with van der Waals surface area (Å²) in [5.74, 6) is -0.585. The summed E-state index contributed by atoms with van der Waals surface area (Å²) in [5.41, 5.74) is 2.76. The van der Waals surface area contributed by atoms with Crippen molar-refractivity contribution in [1.29, 1.82) is 0 Å². The number of ether oxygens (including phenoxy) is 3. The number of benzene rings is 3. The highest BCUT2D eigenvalue weighted by molar-refractivity contribution is 6.32. The number of carbonyl (C=O) groups is 2. The van der Waals surface area contributed by atoms with Gasteiger partial charge in [0.25, 0.3) is 0 Å². The normalized spacial score (nSPS) is 14.2. The van der Waals surface area contributed by atoms with Crippen LogP contribution in [0.1, 0.15) is 27.0 Å². The molecule has 0 saturated carbocycles. The second kappa shape index (κ2) is 9.08. The van der Waals surface area contributed by atoms with Crippen LogP contribution in [0.4, 0.5) is 0 Å². The molecule has 0 saturated heterocycles. The van der Waals surface area contributed by atoms with Crippen LogP contribution in [-0.2, 0) is 9.53 Å². The third kappa shape index (κ3) is 4.55. The molecule has 32 heavy (non-hydrogen) atoms. The van der Waals surface area contributed by atoms with Gasteiger partial charge in [-0.2, -0.15) is 0 Å². The van der Waals surface area contributed by atoms with Crippen LogP contribution in [0.25, 0.3) is 6.08 Å². The average molecular weight is 448 g/mol. The fraction of sp³-hybridized carbons (Fsp3) is 0.0800. The molecule has 0 bridgehead atoms. The molecule has 1 aliphatic rings. The first-order chi connectivity index (χ1) is 15.4. The van der Waals surface area contributed by atoms with Gasteiger partial charge in [0.15, 0.2) is 17.2 Å². The first kappa shape index (κ1) is 21.3. The lowest BCUT2D eigenvalue weighted by Crippen LogP contribution is -2.09. The first-order valence-corrected chi connectivity index (χ1v) is 10.1. The Bertz CT molecular complexity index is 1250. The molecule has 0 aliphatic carbocycles. The van der Waals surface area contributed by atoms with Gasteiger partial charge in [-0.05, 0) is 55.0 Å². The number of aliphatic imine (C=N–C) groups is 1. The average Bonchev–Trinajstić information content (AvgIpc) is 3.16. The Morgan fingerprint density at radius 1 is 1.06 bits per heavy atom. The summed E-state index contributed by atoms with van der Waals surface area (Å²) in [6.07, 6.45) is 1.53. The molecule has 160 valence electrons. The third-order valence-corrected chi connectivity index (χ3v) is 4.96. The van der Waals surface area contributed by atoms with Crippen LogP contribution >= 0.6 is 11.6 Å². The number of cyclic esters (lactones) is 1. The van der Waals surface area contributed by atoms with Gasteiger partial charge in [-0.25, -0.2) is 14.6 Å². The number of nitrogens with zero attached hydrogens (tertiary/aromatic N) is 1. The number of hydrogen-bond acceptors (Lipinski definition) is 6. The lowest BCUT2D eigenvalue weighted by Gasteiger charge is -2.12. The van der Waals surface area contributed by atoms with Crippen molar-refractivity contribution in [1.82, 2.24) is 0 Å². The number of esters is 2. The predicted octanol–water partition coefficient (Wildman–Crippen LogP) is 5.22. The van der Waals surface area contributed by atoms with Gasteiger partial charge < -0.3 is 14.2 Å². The minimum atomic E-state index is -0.575. The van der Waals surface area contributed by atoms with Crippen LogP contribution in [0.15, 0.2) is 77.4 Å². The SMILES string of the molecule is COc1cc(/C=C2\N=C(c3ccccc3)OC2=O)cc(Cl)c1OC(=O)c1ccc(C)cc1. The number of rotatable bonds is 5. The molecule has 1 heterocycles. The minimum Gasteiger partial charge on any atom is -0.493 e. The molecule has 4 rings (SSSR count). The highest BCUT2D eigenvalue weighted by Gasteiger charge is 2.24. The molecule has 0 fully saturated rings. The Morgan fingerprint density at radius 3 is 2.47 bits per heavy atom. The Balaban J connectivity index is 1.62. The molecule has 0 aromatic heterocycles. The molecule has 0 amide bonds. The number of aryl methyl sites for hydroxylation is 1. The Labute approximate surface area is 189 Å². The van der Waals surface area contributed by atoms with Gasteiger partial charge in [-0.1, -0.05) is 47.5 Å². The monoisotopic (exact) mass is 447 g/mol. The second-order valence-corrected chi connectivity index (χ2v) is 7.40. The maximum absolute atomic E-state index is 12.5. The van der Waals surface area contributed by atoms with Crippen LogP contribution in [0.2, 0.25) is 5.02 Å². The van der Waals surface area contributed by atoms with Gasteiger partial charge >= 0.3 is 11.9 Å². The number of methoxy groups -OCH3 is 1. The second-order valence-electron chi connectivity index (χ2n) is 6.99. The van der Waals surface area contributed by atoms with Crippen LogP contribution in [0.3, 0.4) is 0 Å². The summed E-state index contributed by atoms with van der Waals surface area (Å²) in [6, 6.07) is 19.2. The lowest BCUT2D eigenvalue weighted by atomic mass is 10.1. The van der Waals surface area contributed by atoms with Crippen molar-refractivity contribution >= 4 is 35.5 Å². The quantitative estimate of drug-likeness (QED) is 0.304. The molecule has 0 N–H and O–H groups in total. The summed E-state index contributed by atoms with van der Waals surface area (Å²) in [5, 5.41) is 0.148. The summed E-state index contributed by atoms with van der Waals surface area (Å²) in [6.45, 7) is 1.93. The summed E-state index contributed by atoms with van der Waals surface area (Å²) in [7, 11) is 1.43. The molecule has 0 radical (unpaired) electrons. The van der Waals surface area contributed by atoms with Gasteiger partial charge in [0, 0.05) is 5.56 Å². The van der Waals surface area contributed by atoms with E-state index in [4.69, 9.17) is 25.8 Å². The van der Waals surface area contributed by atoms with E-state index in [1.54, 1.807) is 36.4 Å². The van der Waals surface area contributed by atoms with Crippen LogP contribution < -0.4 is 9.47 Å². The molecular formula is C25H18ClNO5. The van der Waals surface area contributed by atoms with E-state index in [1.807, 2.05) is 37.3 Å². The van der Waals surface area contributed by atoms with Gasteiger partial charge in [-0.15, -0.1) is 0 Å². The lowest BCUT2D eigenvalue weighted by molar-refractivity contribution is -0.129. The van der Waals surface area contributed by atoms with Gasteiger partial charge in [0.1, 0.15) is 0 Å². The van der Waals surface area contributed by atoms with Crippen molar-refractivity contribution < 1.29 is 23.8 Å². The van der Waals surface area contributed by atoms with E-state index < -0.39 is 11.9 Å². The number of carbonyl (C=O) groups excluding carboxylic acids is 2. The maximum Gasteiger partial charge on any atom is 0.363 e. The Kier molecular flexibility index (Phi) is 6.05. The number of halogens is 1. The molecule has 3 aromatic carbocycles. The Morgan fingerprint density at radius 2 is 1.78 bits per heavy atom. The summed E-state index contributed by atoms with van der Waals surface area (Å²) in [4.78, 5) is 29.0. The van der Waals surface area contributed by atoms with E-state index in [9.17, 15) is 9.59 Å². The molecule has 6 nitrogen and oxygen atoms in total.